The number of carbonyl (C=O) groups excluding carboxylic acids is 1. The summed E-state index contributed by atoms with van der Waals surface area (Å²) in [7, 11) is 3.83. The number of nitrogens with one attached hydrogen (secondary N) is 1. The van der Waals surface area contributed by atoms with E-state index in [1.807, 2.05) is 31.1 Å². The molecule has 0 saturated carbocycles. The van der Waals surface area contributed by atoms with Crippen LogP contribution in [0.1, 0.15) is 15.9 Å². The van der Waals surface area contributed by atoms with Gasteiger partial charge in [-0.3, -0.25) is 4.79 Å². The van der Waals surface area contributed by atoms with Crippen LogP contribution in [0.2, 0.25) is 0 Å². The van der Waals surface area contributed by atoms with Crippen molar-refractivity contribution >= 4 is 6.29 Å². The minimum absolute atomic E-state index is 0.799. The van der Waals surface area contributed by atoms with Crippen LogP contribution in [0.5, 0.6) is 0 Å². The molecule has 1 N–H and O–H groups in total. The number of carbonyl (C=O) groups is 1. The Morgan fingerprint density at radius 3 is 2.92 bits per heavy atom. The molecule has 0 aliphatic heterocycles. The number of hydrogen-bond acceptors (Lipinski definition) is 2. The van der Waals surface area contributed by atoms with E-state index >= 15 is 0 Å². The summed E-state index contributed by atoms with van der Waals surface area (Å²) in [6.45, 7) is 0.908. The van der Waals surface area contributed by atoms with Crippen molar-refractivity contribution < 1.29 is 4.79 Å². The summed E-state index contributed by atoms with van der Waals surface area (Å²) in [6, 6.07) is 0. The summed E-state index contributed by atoms with van der Waals surface area (Å²) in [6.07, 6.45) is 5.65. The number of aldehydes is 1. The van der Waals surface area contributed by atoms with Crippen molar-refractivity contribution in [2.45, 2.75) is 6.42 Å². The number of likely N-dealkylation sites (N-methyl/N-ethyl adjacent to an activating group) is 1. The molecule has 0 spiro atoms. The number of nitrogens with zero attached hydrogens (tertiary/aromatic N) is 1. The van der Waals surface area contributed by atoms with Crippen molar-refractivity contribution in [2.75, 3.05) is 13.6 Å². The Kier molecular flexibility index (Phi) is 3.05. The number of aromatic nitrogens is 1. The van der Waals surface area contributed by atoms with E-state index in [0.29, 0.717) is 0 Å². The van der Waals surface area contributed by atoms with Gasteiger partial charge in [0, 0.05) is 25.0 Å². The predicted octanol–water partition coefficient (Wildman–Crippen LogP) is 0.599. The summed E-state index contributed by atoms with van der Waals surface area (Å²) in [5.74, 6) is 0. The van der Waals surface area contributed by atoms with Crippen molar-refractivity contribution in [3.05, 3.63) is 23.5 Å². The Morgan fingerprint density at radius 1 is 1.58 bits per heavy atom. The van der Waals surface area contributed by atoms with Crippen LogP contribution in [0.4, 0.5) is 0 Å². The summed E-state index contributed by atoms with van der Waals surface area (Å²) >= 11 is 0. The standard InChI is InChI=1S/C9H14N2O/c1-10-4-3-8-5-11(2)6-9(8)7-12/h5-7,10H,3-4H2,1-2H3. The van der Waals surface area contributed by atoms with Crippen molar-refractivity contribution in [1.29, 1.82) is 0 Å². The van der Waals surface area contributed by atoms with Gasteiger partial charge in [0.15, 0.2) is 6.29 Å². The molecule has 3 heteroatoms. The molecule has 1 aromatic heterocycles. The van der Waals surface area contributed by atoms with E-state index in [1.54, 1.807) is 0 Å². The molecule has 0 unspecified atom stereocenters. The first kappa shape index (κ1) is 9.00. The first-order valence-corrected chi connectivity index (χ1v) is 4.02. The SMILES string of the molecule is CNCCc1cn(C)cc1C=O. The third kappa shape index (κ3) is 1.95. The Labute approximate surface area is 72.4 Å². The van der Waals surface area contributed by atoms with Crippen LogP contribution in [0.3, 0.4) is 0 Å². The van der Waals surface area contributed by atoms with Gasteiger partial charge in [-0.05, 0) is 25.6 Å². The molecule has 3 nitrogen and oxygen atoms in total. The van der Waals surface area contributed by atoms with Crippen molar-refractivity contribution in [3.8, 4) is 0 Å². The number of hydrogen-bond donors (Lipinski definition) is 1. The molecule has 0 atom stereocenters. The largest absolute Gasteiger partial charge is 0.356 e. The Bertz CT molecular complexity index is 265. The minimum Gasteiger partial charge on any atom is -0.356 e. The van der Waals surface area contributed by atoms with Crippen LogP contribution < -0.4 is 5.32 Å². The third-order valence-electron chi connectivity index (χ3n) is 1.84. The fourth-order valence-corrected chi connectivity index (χ4v) is 1.23. The van der Waals surface area contributed by atoms with Crippen molar-refractivity contribution in [3.63, 3.8) is 0 Å². The van der Waals surface area contributed by atoms with Gasteiger partial charge in [-0.1, -0.05) is 0 Å². The van der Waals surface area contributed by atoms with Gasteiger partial charge in [-0.25, -0.2) is 0 Å². The second-order valence-electron chi connectivity index (χ2n) is 2.88. The first-order chi connectivity index (χ1) is 5.77. The lowest BCUT2D eigenvalue weighted by Crippen LogP contribution is -2.10. The number of rotatable bonds is 4. The molecule has 1 rings (SSSR count). The highest BCUT2D eigenvalue weighted by atomic mass is 16.1. The van der Waals surface area contributed by atoms with E-state index in [0.717, 1.165) is 30.4 Å². The first-order valence-electron chi connectivity index (χ1n) is 4.02. The van der Waals surface area contributed by atoms with Crippen molar-refractivity contribution in [1.82, 2.24) is 9.88 Å². The molecule has 0 saturated heterocycles. The summed E-state index contributed by atoms with van der Waals surface area (Å²) < 4.78 is 1.91. The van der Waals surface area contributed by atoms with E-state index in [-0.39, 0.29) is 0 Å². The zero-order valence-electron chi connectivity index (χ0n) is 7.50. The second kappa shape index (κ2) is 4.07. The van der Waals surface area contributed by atoms with Gasteiger partial charge in [0.1, 0.15) is 0 Å². The Hall–Kier alpha value is -1.09. The maximum Gasteiger partial charge on any atom is 0.151 e. The highest BCUT2D eigenvalue weighted by Crippen LogP contribution is 2.07. The van der Waals surface area contributed by atoms with E-state index in [1.165, 1.54) is 0 Å². The summed E-state index contributed by atoms with van der Waals surface area (Å²) in [5, 5.41) is 3.05. The average molecular weight is 166 g/mol. The van der Waals surface area contributed by atoms with Gasteiger partial charge in [-0.2, -0.15) is 0 Å². The van der Waals surface area contributed by atoms with Gasteiger partial charge in [0.25, 0.3) is 0 Å². The molecule has 0 aliphatic rings. The summed E-state index contributed by atoms with van der Waals surface area (Å²) in [5.41, 5.74) is 1.91. The van der Waals surface area contributed by atoms with Gasteiger partial charge in [-0.15, -0.1) is 0 Å². The lowest BCUT2D eigenvalue weighted by atomic mass is 10.1. The van der Waals surface area contributed by atoms with Gasteiger partial charge in [0.05, 0.1) is 0 Å². The van der Waals surface area contributed by atoms with Crippen LogP contribution in [-0.4, -0.2) is 24.4 Å². The van der Waals surface area contributed by atoms with Crippen LogP contribution in [0.25, 0.3) is 0 Å². The average Bonchev–Trinajstić information content (AvgIpc) is 2.42. The van der Waals surface area contributed by atoms with Crippen LogP contribution in [0.15, 0.2) is 12.4 Å². The molecule has 66 valence electrons. The van der Waals surface area contributed by atoms with Crippen LogP contribution >= 0.6 is 0 Å². The highest BCUT2D eigenvalue weighted by molar-refractivity contribution is 5.76. The second-order valence-corrected chi connectivity index (χ2v) is 2.88. The fourth-order valence-electron chi connectivity index (χ4n) is 1.23. The topological polar surface area (TPSA) is 34.0 Å². The molecular weight excluding hydrogens is 152 g/mol. The predicted molar refractivity (Wildman–Crippen MR) is 48.4 cm³/mol. The van der Waals surface area contributed by atoms with E-state index in [4.69, 9.17) is 0 Å². The zero-order chi connectivity index (χ0) is 8.97. The lowest BCUT2D eigenvalue weighted by Gasteiger charge is -1.96. The van der Waals surface area contributed by atoms with Gasteiger partial charge < -0.3 is 9.88 Å². The molecule has 0 aliphatic carbocycles. The molecule has 0 radical (unpaired) electrons. The normalized spacial score (nSPS) is 10.2. The quantitative estimate of drug-likeness (QED) is 0.664. The minimum atomic E-state index is 0.799. The molecular formula is C9H14N2O. The zero-order valence-corrected chi connectivity index (χ0v) is 7.50. The molecule has 0 amide bonds. The molecule has 1 aromatic rings. The fraction of sp³-hybridized carbons (Fsp3) is 0.444. The van der Waals surface area contributed by atoms with Crippen LogP contribution in [-0.2, 0) is 13.5 Å². The van der Waals surface area contributed by atoms with Crippen LogP contribution in [0, 0.1) is 0 Å². The molecule has 1 heterocycles. The Balaban J connectivity index is 2.74. The highest BCUT2D eigenvalue weighted by Gasteiger charge is 2.02. The van der Waals surface area contributed by atoms with Gasteiger partial charge >= 0.3 is 0 Å². The third-order valence-corrected chi connectivity index (χ3v) is 1.84. The van der Waals surface area contributed by atoms with Gasteiger partial charge in [0.2, 0.25) is 0 Å². The monoisotopic (exact) mass is 166 g/mol. The maximum atomic E-state index is 10.6. The smallest absolute Gasteiger partial charge is 0.151 e. The Morgan fingerprint density at radius 2 is 2.33 bits per heavy atom. The molecule has 0 bridgehead atoms. The van der Waals surface area contributed by atoms with E-state index in [9.17, 15) is 4.79 Å². The molecule has 0 aromatic carbocycles. The molecule has 12 heavy (non-hydrogen) atoms. The van der Waals surface area contributed by atoms with E-state index < -0.39 is 0 Å². The van der Waals surface area contributed by atoms with Crippen molar-refractivity contribution in [2.24, 2.45) is 7.05 Å². The number of aryl methyl sites for hydroxylation is 1. The molecule has 0 fully saturated rings. The maximum absolute atomic E-state index is 10.6. The van der Waals surface area contributed by atoms with E-state index in [2.05, 4.69) is 5.32 Å². The summed E-state index contributed by atoms with van der Waals surface area (Å²) in [4.78, 5) is 10.6. The lowest BCUT2D eigenvalue weighted by molar-refractivity contribution is 0.112.